The molecule has 28 heavy (non-hydrogen) atoms. The molecule has 2 aromatic rings. The van der Waals surface area contributed by atoms with Crippen molar-refractivity contribution in [2.24, 2.45) is 0 Å². The van der Waals surface area contributed by atoms with Gasteiger partial charge in [0.15, 0.2) is 5.76 Å². The summed E-state index contributed by atoms with van der Waals surface area (Å²) < 4.78 is 15.8. The molecule has 0 aliphatic carbocycles. The maximum Gasteiger partial charge on any atom is 0.409 e. The molecule has 0 bridgehead atoms. The predicted octanol–water partition coefficient (Wildman–Crippen LogP) is 2.13. The summed E-state index contributed by atoms with van der Waals surface area (Å²) in [4.78, 5) is 39.6. The minimum Gasteiger partial charge on any atom is -0.482 e. The van der Waals surface area contributed by atoms with Gasteiger partial charge in [0.2, 0.25) is 11.2 Å². The lowest BCUT2D eigenvalue weighted by molar-refractivity contribution is 0.0543. The SMILES string of the molecule is CCOC(=O)N1CCN(C(=O)c2cc(=O)c(OCc3ccccc3)co2)CC1. The first-order chi connectivity index (χ1) is 13.6. The first-order valence-corrected chi connectivity index (χ1v) is 9.09. The average molecular weight is 386 g/mol. The Bertz CT molecular complexity index is 872. The monoisotopic (exact) mass is 386 g/mol. The van der Waals surface area contributed by atoms with E-state index in [-0.39, 0.29) is 24.2 Å². The van der Waals surface area contributed by atoms with Crippen LogP contribution in [0.3, 0.4) is 0 Å². The van der Waals surface area contributed by atoms with Crippen LogP contribution in [0, 0.1) is 0 Å². The number of nitrogens with zero attached hydrogens (tertiary/aromatic N) is 2. The Kier molecular flexibility index (Phi) is 6.31. The Labute approximate surface area is 162 Å². The lowest BCUT2D eigenvalue weighted by Gasteiger charge is -2.33. The minimum atomic E-state index is -0.421. The van der Waals surface area contributed by atoms with Crippen LogP contribution in [0.1, 0.15) is 23.0 Å². The molecule has 0 radical (unpaired) electrons. The van der Waals surface area contributed by atoms with Crippen molar-refractivity contribution in [3.8, 4) is 5.75 Å². The third-order valence-electron chi connectivity index (χ3n) is 4.34. The van der Waals surface area contributed by atoms with E-state index in [9.17, 15) is 14.4 Å². The van der Waals surface area contributed by atoms with Gasteiger partial charge in [0.25, 0.3) is 5.91 Å². The van der Waals surface area contributed by atoms with Crippen molar-refractivity contribution < 1.29 is 23.5 Å². The predicted molar refractivity (Wildman–Crippen MR) is 100 cm³/mol. The Morgan fingerprint density at radius 1 is 1.07 bits per heavy atom. The molecule has 8 heteroatoms. The third kappa shape index (κ3) is 4.70. The number of piperazine rings is 1. The summed E-state index contributed by atoms with van der Waals surface area (Å²) in [6.45, 7) is 3.70. The summed E-state index contributed by atoms with van der Waals surface area (Å²) in [7, 11) is 0. The first kappa shape index (κ1) is 19.5. The van der Waals surface area contributed by atoms with E-state index < -0.39 is 11.3 Å². The fourth-order valence-corrected chi connectivity index (χ4v) is 2.81. The Morgan fingerprint density at radius 3 is 2.39 bits per heavy atom. The molecule has 0 atom stereocenters. The number of carbonyl (C=O) groups excluding carboxylic acids is 2. The minimum absolute atomic E-state index is 0.0486. The second-order valence-corrected chi connectivity index (χ2v) is 6.23. The smallest absolute Gasteiger partial charge is 0.409 e. The molecule has 3 rings (SSSR count). The van der Waals surface area contributed by atoms with Gasteiger partial charge in [0.05, 0.1) is 6.61 Å². The van der Waals surface area contributed by atoms with Crippen molar-refractivity contribution in [2.45, 2.75) is 13.5 Å². The molecule has 2 amide bonds. The molecule has 1 saturated heterocycles. The zero-order valence-electron chi connectivity index (χ0n) is 15.6. The lowest BCUT2D eigenvalue weighted by atomic mass is 10.2. The topological polar surface area (TPSA) is 89.3 Å². The zero-order chi connectivity index (χ0) is 19.9. The molecule has 1 aliphatic rings. The molecule has 0 unspecified atom stereocenters. The fourth-order valence-electron chi connectivity index (χ4n) is 2.81. The van der Waals surface area contributed by atoms with Crippen LogP contribution in [-0.4, -0.2) is 54.6 Å². The highest BCUT2D eigenvalue weighted by molar-refractivity contribution is 5.91. The summed E-state index contributed by atoms with van der Waals surface area (Å²) >= 11 is 0. The van der Waals surface area contributed by atoms with Crippen molar-refractivity contribution in [3.63, 3.8) is 0 Å². The quantitative estimate of drug-likeness (QED) is 0.782. The number of benzene rings is 1. The van der Waals surface area contributed by atoms with E-state index in [0.29, 0.717) is 32.8 Å². The number of carbonyl (C=O) groups is 2. The summed E-state index contributed by atoms with van der Waals surface area (Å²) in [6.07, 6.45) is 0.772. The van der Waals surface area contributed by atoms with Gasteiger partial charge in [0.1, 0.15) is 12.9 Å². The van der Waals surface area contributed by atoms with E-state index in [1.807, 2.05) is 30.3 Å². The van der Waals surface area contributed by atoms with Crippen LogP contribution in [0.4, 0.5) is 4.79 Å². The van der Waals surface area contributed by atoms with E-state index in [2.05, 4.69) is 0 Å². The highest BCUT2D eigenvalue weighted by Crippen LogP contribution is 2.13. The number of ether oxygens (including phenoxy) is 2. The first-order valence-electron chi connectivity index (χ1n) is 9.09. The van der Waals surface area contributed by atoms with Crippen molar-refractivity contribution >= 4 is 12.0 Å². The van der Waals surface area contributed by atoms with Gasteiger partial charge in [-0.25, -0.2) is 4.79 Å². The van der Waals surface area contributed by atoms with Crippen molar-refractivity contribution in [1.82, 2.24) is 9.80 Å². The van der Waals surface area contributed by atoms with Gasteiger partial charge in [-0.05, 0) is 12.5 Å². The molecule has 1 aromatic heterocycles. The second-order valence-electron chi connectivity index (χ2n) is 6.23. The Balaban J connectivity index is 1.58. The Morgan fingerprint density at radius 2 is 1.75 bits per heavy atom. The van der Waals surface area contributed by atoms with E-state index in [1.165, 1.54) is 0 Å². The van der Waals surface area contributed by atoms with Crippen molar-refractivity contribution in [2.75, 3.05) is 32.8 Å². The van der Waals surface area contributed by atoms with E-state index in [1.54, 1.807) is 16.7 Å². The molecule has 148 valence electrons. The highest BCUT2D eigenvalue weighted by Gasteiger charge is 2.27. The maximum atomic E-state index is 12.6. The molecule has 0 saturated carbocycles. The summed E-state index contributed by atoms with van der Waals surface area (Å²) in [5.74, 6) is -0.399. The van der Waals surface area contributed by atoms with Crippen LogP contribution in [0.15, 0.2) is 51.9 Å². The summed E-state index contributed by atoms with van der Waals surface area (Å²) in [6, 6.07) is 10.6. The number of hydrogen-bond donors (Lipinski definition) is 0. The molecule has 1 aromatic carbocycles. The third-order valence-corrected chi connectivity index (χ3v) is 4.34. The van der Waals surface area contributed by atoms with Gasteiger partial charge in [-0.2, -0.15) is 0 Å². The van der Waals surface area contributed by atoms with Crippen LogP contribution >= 0.6 is 0 Å². The van der Waals surface area contributed by atoms with Crippen LogP contribution in [0.2, 0.25) is 0 Å². The van der Waals surface area contributed by atoms with Gasteiger partial charge >= 0.3 is 6.09 Å². The molecular weight excluding hydrogens is 364 g/mol. The Hall–Kier alpha value is -3.29. The molecule has 0 spiro atoms. The highest BCUT2D eigenvalue weighted by atomic mass is 16.6. The van der Waals surface area contributed by atoms with Gasteiger partial charge in [-0.15, -0.1) is 0 Å². The summed E-state index contributed by atoms with van der Waals surface area (Å²) in [5.41, 5.74) is 0.497. The molecule has 1 aliphatic heterocycles. The van der Waals surface area contributed by atoms with Gasteiger partial charge < -0.3 is 23.7 Å². The van der Waals surface area contributed by atoms with Crippen molar-refractivity contribution in [3.05, 3.63) is 64.2 Å². The van der Waals surface area contributed by atoms with Crippen LogP contribution < -0.4 is 10.2 Å². The van der Waals surface area contributed by atoms with E-state index in [4.69, 9.17) is 13.9 Å². The molecule has 8 nitrogen and oxygen atoms in total. The zero-order valence-corrected chi connectivity index (χ0v) is 15.6. The molecular formula is C20H22N2O6. The average Bonchev–Trinajstić information content (AvgIpc) is 2.73. The second kappa shape index (κ2) is 9.07. The van der Waals surface area contributed by atoms with Gasteiger partial charge in [0, 0.05) is 32.2 Å². The fraction of sp³-hybridized carbons (Fsp3) is 0.350. The molecule has 0 N–H and O–H groups in total. The maximum absolute atomic E-state index is 12.6. The number of hydrogen-bond acceptors (Lipinski definition) is 6. The lowest BCUT2D eigenvalue weighted by Crippen LogP contribution is -2.50. The van der Waals surface area contributed by atoms with Crippen molar-refractivity contribution in [1.29, 1.82) is 0 Å². The van der Waals surface area contributed by atoms with Gasteiger partial charge in [-0.1, -0.05) is 30.3 Å². The van der Waals surface area contributed by atoms with E-state index in [0.717, 1.165) is 17.9 Å². The number of amides is 2. The summed E-state index contributed by atoms with van der Waals surface area (Å²) in [5, 5.41) is 0. The van der Waals surface area contributed by atoms with Gasteiger partial charge in [-0.3, -0.25) is 9.59 Å². The van der Waals surface area contributed by atoms with Crippen LogP contribution in [0.25, 0.3) is 0 Å². The standard InChI is InChI=1S/C20H22N2O6/c1-2-26-20(25)22-10-8-21(9-11-22)19(24)17-12-16(23)18(14-28-17)27-13-15-6-4-3-5-7-15/h3-7,12,14H,2,8-11,13H2,1H3. The largest absolute Gasteiger partial charge is 0.482 e. The van der Waals surface area contributed by atoms with Crippen LogP contribution in [0.5, 0.6) is 5.75 Å². The normalized spacial score (nSPS) is 13.9. The molecule has 2 heterocycles. The molecule has 1 fully saturated rings. The number of rotatable bonds is 5. The van der Waals surface area contributed by atoms with E-state index >= 15 is 0 Å². The van der Waals surface area contributed by atoms with Crippen LogP contribution in [-0.2, 0) is 11.3 Å².